The average Bonchev–Trinajstić information content (AvgIpc) is 3.59. The lowest BCUT2D eigenvalue weighted by Gasteiger charge is -2.33. The Bertz CT molecular complexity index is 1210. The predicted molar refractivity (Wildman–Crippen MR) is 123 cm³/mol. The third-order valence-electron chi connectivity index (χ3n) is 7.05. The minimum atomic E-state index is -4.66. The summed E-state index contributed by atoms with van der Waals surface area (Å²) in [6.45, 7) is 1.56. The van der Waals surface area contributed by atoms with Crippen molar-refractivity contribution in [2.24, 2.45) is 0 Å². The van der Waals surface area contributed by atoms with Gasteiger partial charge in [-0.05, 0) is 78.5 Å². The Morgan fingerprint density at radius 2 is 1.91 bits per heavy atom. The van der Waals surface area contributed by atoms with E-state index < -0.39 is 39.2 Å². The molecule has 190 valence electrons. The van der Waals surface area contributed by atoms with E-state index in [9.17, 15) is 26.4 Å². The average molecular weight is 512 g/mol. The van der Waals surface area contributed by atoms with Gasteiger partial charge in [0.25, 0.3) is 0 Å². The van der Waals surface area contributed by atoms with Crippen LogP contribution in [0.3, 0.4) is 0 Å². The first-order chi connectivity index (χ1) is 16.4. The summed E-state index contributed by atoms with van der Waals surface area (Å²) in [5.41, 5.74) is 0.489. The number of carbonyl (C=O) groups excluding carboxylic acids is 1. The minimum absolute atomic E-state index is 0.280. The van der Waals surface area contributed by atoms with Crippen molar-refractivity contribution in [2.75, 3.05) is 20.8 Å². The Labute approximate surface area is 203 Å². The number of halogens is 3. The number of esters is 1. The molecule has 6 nitrogen and oxygen atoms in total. The second-order valence-corrected chi connectivity index (χ2v) is 11.4. The number of alkyl halides is 3. The molecule has 0 aromatic heterocycles. The van der Waals surface area contributed by atoms with E-state index in [1.807, 2.05) is 6.92 Å². The number of fused-ring (bicyclic) bond motifs is 1. The van der Waals surface area contributed by atoms with Gasteiger partial charge >= 0.3 is 12.1 Å². The van der Waals surface area contributed by atoms with Crippen LogP contribution in [-0.2, 0) is 37.6 Å². The van der Waals surface area contributed by atoms with Crippen molar-refractivity contribution in [3.63, 3.8) is 0 Å². The van der Waals surface area contributed by atoms with E-state index in [2.05, 4.69) is 4.74 Å². The Hall–Kier alpha value is -2.59. The second kappa shape index (κ2) is 9.13. The maximum absolute atomic E-state index is 13.6. The van der Waals surface area contributed by atoms with Crippen LogP contribution < -0.4 is 4.74 Å². The number of carbonyl (C=O) groups is 1. The molecule has 0 aliphatic heterocycles. The highest BCUT2D eigenvalue weighted by atomic mass is 32.2. The molecule has 0 amide bonds. The normalized spacial score (nSPS) is 19.2. The maximum atomic E-state index is 13.6. The largest absolute Gasteiger partial charge is 0.482 e. The van der Waals surface area contributed by atoms with Crippen molar-refractivity contribution in [3.8, 4) is 5.75 Å². The van der Waals surface area contributed by atoms with E-state index in [1.54, 1.807) is 18.2 Å². The zero-order valence-corrected chi connectivity index (χ0v) is 20.6. The van der Waals surface area contributed by atoms with Crippen LogP contribution >= 0.6 is 0 Å². The van der Waals surface area contributed by atoms with E-state index in [-0.39, 0.29) is 11.5 Å². The van der Waals surface area contributed by atoms with Crippen LogP contribution in [0, 0.1) is 0 Å². The molecule has 2 aromatic carbocycles. The zero-order chi connectivity index (χ0) is 25.6. The Balaban J connectivity index is 1.70. The van der Waals surface area contributed by atoms with Gasteiger partial charge in [-0.2, -0.15) is 17.5 Å². The smallest absolute Gasteiger partial charge is 0.416 e. The molecule has 0 N–H and O–H groups in total. The molecule has 2 aromatic rings. The third-order valence-corrected chi connectivity index (χ3v) is 8.90. The van der Waals surface area contributed by atoms with Crippen LogP contribution in [0.4, 0.5) is 13.2 Å². The summed E-state index contributed by atoms with van der Waals surface area (Å²) in [6, 6.07) is 7.79. The molecule has 0 radical (unpaired) electrons. The van der Waals surface area contributed by atoms with Crippen molar-refractivity contribution in [1.82, 2.24) is 4.31 Å². The molecule has 0 heterocycles. The molecular weight excluding hydrogens is 483 g/mol. The number of rotatable bonds is 7. The summed E-state index contributed by atoms with van der Waals surface area (Å²) in [6.07, 6.45) is -1.44. The van der Waals surface area contributed by atoms with Gasteiger partial charge in [0.1, 0.15) is 5.75 Å². The Kier molecular flexibility index (Phi) is 6.65. The highest BCUT2D eigenvalue weighted by Crippen LogP contribution is 2.49. The molecule has 0 unspecified atom stereocenters. The molecule has 2 aliphatic rings. The first-order valence-electron chi connectivity index (χ1n) is 11.4. The first kappa shape index (κ1) is 25.5. The molecule has 10 heteroatoms. The Morgan fingerprint density at radius 3 is 2.54 bits per heavy atom. The number of sulfonamides is 1. The van der Waals surface area contributed by atoms with Gasteiger partial charge in [-0.3, -0.25) is 0 Å². The highest BCUT2D eigenvalue weighted by molar-refractivity contribution is 7.89. The third kappa shape index (κ3) is 5.04. The summed E-state index contributed by atoms with van der Waals surface area (Å²) in [5, 5.41) is 0. The van der Waals surface area contributed by atoms with E-state index >= 15 is 0 Å². The van der Waals surface area contributed by atoms with Gasteiger partial charge in [-0.25, -0.2) is 13.2 Å². The fraction of sp³-hybridized carbons (Fsp3) is 0.480. The van der Waals surface area contributed by atoms with Crippen LogP contribution in [0.2, 0.25) is 0 Å². The van der Waals surface area contributed by atoms with Gasteiger partial charge in [0.2, 0.25) is 10.0 Å². The number of benzene rings is 2. The van der Waals surface area contributed by atoms with Crippen LogP contribution in [0.1, 0.15) is 60.9 Å². The number of ether oxygens (including phenoxy) is 2. The molecule has 1 atom stereocenters. The zero-order valence-electron chi connectivity index (χ0n) is 19.8. The quantitative estimate of drug-likeness (QED) is 0.489. The molecule has 0 spiro atoms. The Morgan fingerprint density at radius 1 is 1.20 bits per heavy atom. The number of hydrogen-bond acceptors (Lipinski definition) is 5. The van der Waals surface area contributed by atoms with Crippen LogP contribution in [0.5, 0.6) is 5.75 Å². The van der Waals surface area contributed by atoms with E-state index in [0.29, 0.717) is 49.0 Å². The van der Waals surface area contributed by atoms with Crippen molar-refractivity contribution in [2.45, 2.75) is 61.6 Å². The van der Waals surface area contributed by atoms with Crippen molar-refractivity contribution in [1.29, 1.82) is 0 Å². The number of nitrogens with zero attached hydrogens (tertiary/aromatic N) is 1. The number of methoxy groups -OCH3 is 1. The first-order valence-corrected chi connectivity index (χ1v) is 12.8. The summed E-state index contributed by atoms with van der Waals surface area (Å²) in [5.74, 6) is -0.0780. The van der Waals surface area contributed by atoms with Gasteiger partial charge in [0, 0.05) is 7.05 Å². The van der Waals surface area contributed by atoms with Crippen LogP contribution in [0.25, 0.3) is 0 Å². The molecular formula is C25H28F3NO5S. The SMILES string of the molecule is COC(=O)COc1cccc2c1CCC[C@H]2N(C)S(=O)(=O)c1cc(C(F)(F)F)cc(C2(C)CC2)c1. The lowest BCUT2D eigenvalue weighted by Crippen LogP contribution is -2.34. The lowest BCUT2D eigenvalue weighted by molar-refractivity contribution is -0.143. The van der Waals surface area contributed by atoms with Gasteiger partial charge in [-0.1, -0.05) is 19.1 Å². The fourth-order valence-electron chi connectivity index (χ4n) is 4.57. The second-order valence-electron chi connectivity index (χ2n) is 9.42. The van der Waals surface area contributed by atoms with Crippen molar-refractivity contribution in [3.05, 3.63) is 58.7 Å². The van der Waals surface area contributed by atoms with E-state index in [1.165, 1.54) is 20.2 Å². The van der Waals surface area contributed by atoms with E-state index in [4.69, 9.17) is 4.74 Å². The van der Waals surface area contributed by atoms with Gasteiger partial charge in [0.15, 0.2) is 6.61 Å². The molecule has 2 aliphatic carbocycles. The topological polar surface area (TPSA) is 72.9 Å². The van der Waals surface area contributed by atoms with Crippen molar-refractivity contribution >= 4 is 16.0 Å². The minimum Gasteiger partial charge on any atom is -0.482 e. The number of hydrogen-bond donors (Lipinski definition) is 0. The molecule has 4 rings (SSSR count). The van der Waals surface area contributed by atoms with Gasteiger partial charge in [0.05, 0.1) is 23.6 Å². The summed E-state index contributed by atoms with van der Waals surface area (Å²) >= 11 is 0. The fourth-order valence-corrected chi connectivity index (χ4v) is 6.01. The van der Waals surface area contributed by atoms with Crippen LogP contribution in [0.15, 0.2) is 41.3 Å². The predicted octanol–water partition coefficient (Wildman–Crippen LogP) is 5.01. The van der Waals surface area contributed by atoms with E-state index in [0.717, 1.165) is 22.0 Å². The molecule has 0 bridgehead atoms. The highest BCUT2D eigenvalue weighted by Gasteiger charge is 2.43. The molecule has 35 heavy (non-hydrogen) atoms. The van der Waals surface area contributed by atoms with Gasteiger partial charge < -0.3 is 9.47 Å². The molecule has 1 fully saturated rings. The monoisotopic (exact) mass is 511 g/mol. The summed E-state index contributed by atoms with van der Waals surface area (Å²) in [7, 11) is -1.59. The summed E-state index contributed by atoms with van der Waals surface area (Å²) in [4.78, 5) is 11.1. The standard InChI is InChI=1S/C25H28F3NO5S/c1-24(10-11-24)16-12-17(25(26,27)28)14-18(13-16)35(31,32)29(2)21-8-4-7-20-19(21)6-5-9-22(20)34-15-23(30)33-3/h5-6,9,12-14,21H,4,7-8,10-11,15H2,1-3H3/t21-/m1/s1. The van der Waals surface area contributed by atoms with Gasteiger partial charge in [-0.15, -0.1) is 0 Å². The van der Waals surface area contributed by atoms with Crippen LogP contribution in [-0.4, -0.2) is 39.5 Å². The maximum Gasteiger partial charge on any atom is 0.416 e. The lowest BCUT2D eigenvalue weighted by atomic mass is 9.87. The van der Waals surface area contributed by atoms with Crippen molar-refractivity contribution < 1.29 is 35.9 Å². The molecule has 1 saturated carbocycles. The summed E-state index contributed by atoms with van der Waals surface area (Å²) < 4.78 is 79.5. The molecule has 0 saturated heterocycles.